The first-order valence-corrected chi connectivity index (χ1v) is 13.2. The van der Waals surface area contributed by atoms with Gasteiger partial charge in [0.1, 0.15) is 5.75 Å². The number of nitrogens with zero attached hydrogens (tertiary/aromatic N) is 1. The Bertz CT molecular complexity index is 1150. The van der Waals surface area contributed by atoms with E-state index in [1.165, 1.54) is 10.4 Å². The summed E-state index contributed by atoms with van der Waals surface area (Å²) in [5.74, 6) is 0.195. The molecule has 0 aromatic heterocycles. The fourth-order valence-electron chi connectivity index (χ4n) is 4.44. The number of amides is 2. The predicted octanol–water partition coefficient (Wildman–Crippen LogP) is 3.08. The summed E-state index contributed by atoms with van der Waals surface area (Å²) in [6, 6.07) is 12.4. The first kappa shape index (κ1) is 24.2. The van der Waals surface area contributed by atoms with Gasteiger partial charge in [-0.2, -0.15) is 4.31 Å². The number of anilines is 1. The zero-order valence-electron chi connectivity index (χ0n) is 19.4. The van der Waals surface area contributed by atoms with Crippen molar-refractivity contribution in [3.05, 3.63) is 53.6 Å². The molecule has 8 nitrogen and oxygen atoms in total. The van der Waals surface area contributed by atoms with Crippen LogP contribution >= 0.6 is 0 Å². The average Bonchev–Trinajstić information content (AvgIpc) is 3.03. The van der Waals surface area contributed by atoms with Gasteiger partial charge in [0.15, 0.2) is 0 Å². The second kappa shape index (κ2) is 10.6. The first-order chi connectivity index (χ1) is 16.4. The number of sulfonamides is 1. The van der Waals surface area contributed by atoms with Gasteiger partial charge < -0.3 is 15.4 Å². The second-order valence-electron chi connectivity index (χ2n) is 8.72. The summed E-state index contributed by atoms with van der Waals surface area (Å²) in [6.45, 7) is 3.45. The van der Waals surface area contributed by atoms with Crippen LogP contribution in [0.3, 0.4) is 0 Å². The lowest BCUT2D eigenvalue weighted by atomic mass is 9.99. The van der Waals surface area contributed by atoms with E-state index in [9.17, 15) is 18.0 Å². The standard InChI is InChI=1S/C25H31N3O5S/c1-2-33-21-10-8-18(9-11-21)16-26-25(30)20-6-4-14-28(17-20)34(31,32)22-12-13-23-19(15-22)5-3-7-24(29)27-23/h8-13,15,20H,2-7,14,16-17H2,1H3,(H,26,30)(H,27,29)/t20-/m0/s1. The van der Waals surface area contributed by atoms with Crippen molar-refractivity contribution in [2.75, 3.05) is 25.0 Å². The third kappa shape index (κ3) is 5.59. The minimum atomic E-state index is -3.74. The van der Waals surface area contributed by atoms with Crippen LogP contribution < -0.4 is 15.4 Å². The zero-order chi connectivity index (χ0) is 24.1. The lowest BCUT2D eigenvalue weighted by Gasteiger charge is -2.31. The molecule has 9 heteroatoms. The molecule has 2 amide bonds. The van der Waals surface area contributed by atoms with Crippen molar-refractivity contribution in [3.8, 4) is 5.75 Å². The van der Waals surface area contributed by atoms with Crippen LogP contribution in [0.25, 0.3) is 0 Å². The molecule has 0 aliphatic carbocycles. The minimum absolute atomic E-state index is 0.0514. The molecule has 1 fully saturated rings. The van der Waals surface area contributed by atoms with E-state index in [1.807, 2.05) is 31.2 Å². The maximum absolute atomic E-state index is 13.4. The van der Waals surface area contributed by atoms with Crippen LogP contribution in [0.4, 0.5) is 5.69 Å². The van der Waals surface area contributed by atoms with Crippen molar-refractivity contribution in [2.24, 2.45) is 5.92 Å². The molecular weight excluding hydrogens is 454 g/mol. The van der Waals surface area contributed by atoms with E-state index in [2.05, 4.69) is 10.6 Å². The Balaban J connectivity index is 1.40. The van der Waals surface area contributed by atoms with Crippen molar-refractivity contribution >= 4 is 27.5 Å². The molecule has 34 heavy (non-hydrogen) atoms. The fraction of sp³-hybridized carbons (Fsp3) is 0.440. The monoisotopic (exact) mass is 485 g/mol. The summed E-state index contributed by atoms with van der Waals surface area (Å²) in [6.07, 6.45) is 3.03. The summed E-state index contributed by atoms with van der Waals surface area (Å²) >= 11 is 0. The normalized spacial score (nSPS) is 19.0. The number of ether oxygens (including phenoxy) is 1. The molecule has 0 saturated carbocycles. The van der Waals surface area contributed by atoms with Gasteiger partial charge in [0, 0.05) is 31.7 Å². The molecule has 2 aromatic rings. The molecule has 0 spiro atoms. The number of fused-ring (bicyclic) bond motifs is 1. The Morgan fingerprint density at radius 2 is 1.94 bits per heavy atom. The Kier molecular flexibility index (Phi) is 7.53. The molecule has 2 N–H and O–H groups in total. The molecule has 1 saturated heterocycles. The van der Waals surface area contributed by atoms with Crippen LogP contribution in [0.5, 0.6) is 5.75 Å². The first-order valence-electron chi connectivity index (χ1n) is 11.8. The van der Waals surface area contributed by atoms with Gasteiger partial charge >= 0.3 is 0 Å². The molecule has 0 unspecified atom stereocenters. The van der Waals surface area contributed by atoms with Gasteiger partial charge in [0.25, 0.3) is 0 Å². The van der Waals surface area contributed by atoms with Crippen LogP contribution in [0.1, 0.15) is 43.7 Å². The van der Waals surface area contributed by atoms with Crippen LogP contribution in [0.15, 0.2) is 47.4 Å². The average molecular weight is 486 g/mol. The molecular formula is C25H31N3O5S. The Labute approximate surface area is 200 Å². The van der Waals surface area contributed by atoms with E-state index in [1.54, 1.807) is 12.1 Å². The van der Waals surface area contributed by atoms with Crippen LogP contribution in [-0.2, 0) is 32.6 Å². The van der Waals surface area contributed by atoms with Gasteiger partial charge in [0.05, 0.1) is 17.4 Å². The number of rotatable bonds is 7. The number of piperidine rings is 1. The third-order valence-electron chi connectivity index (χ3n) is 6.29. The topological polar surface area (TPSA) is 105 Å². The Morgan fingerprint density at radius 1 is 1.15 bits per heavy atom. The predicted molar refractivity (Wildman–Crippen MR) is 129 cm³/mol. The molecule has 0 bridgehead atoms. The van der Waals surface area contributed by atoms with Crippen molar-refractivity contribution in [3.63, 3.8) is 0 Å². The summed E-state index contributed by atoms with van der Waals surface area (Å²) in [4.78, 5) is 24.8. The highest BCUT2D eigenvalue weighted by Gasteiger charge is 2.33. The summed E-state index contributed by atoms with van der Waals surface area (Å²) in [7, 11) is -3.74. The van der Waals surface area contributed by atoms with E-state index >= 15 is 0 Å². The lowest BCUT2D eigenvalue weighted by molar-refractivity contribution is -0.126. The summed E-state index contributed by atoms with van der Waals surface area (Å²) < 4.78 is 33.5. The van der Waals surface area contributed by atoms with E-state index in [-0.39, 0.29) is 23.3 Å². The van der Waals surface area contributed by atoms with E-state index in [0.29, 0.717) is 57.5 Å². The van der Waals surface area contributed by atoms with Crippen molar-refractivity contribution < 1.29 is 22.7 Å². The third-order valence-corrected chi connectivity index (χ3v) is 8.16. The van der Waals surface area contributed by atoms with Gasteiger partial charge in [-0.15, -0.1) is 0 Å². The van der Waals surface area contributed by atoms with Crippen LogP contribution in [0, 0.1) is 5.92 Å². The maximum Gasteiger partial charge on any atom is 0.243 e. The smallest absolute Gasteiger partial charge is 0.243 e. The molecule has 1 atom stereocenters. The van der Waals surface area contributed by atoms with Crippen molar-refractivity contribution in [1.82, 2.24) is 9.62 Å². The van der Waals surface area contributed by atoms with Gasteiger partial charge in [-0.3, -0.25) is 9.59 Å². The number of hydrogen-bond donors (Lipinski definition) is 2. The van der Waals surface area contributed by atoms with Gasteiger partial charge in [-0.05, 0) is 74.1 Å². The van der Waals surface area contributed by atoms with E-state index in [4.69, 9.17) is 4.74 Å². The molecule has 2 aliphatic rings. The number of nitrogens with one attached hydrogen (secondary N) is 2. The molecule has 182 valence electrons. The van der Waals surface area contributed by atoms with Gasteiger partial charge in [-0.25, -0.2) is 8.42 Å². The summed E-state index contributed by atoms with van der Waals surface area (Å²) in [5.41, 5.74) is 2.45. The highest BCUT2D eigenvalue weighted by Crippen LogP contribution is 2.29. The highest BCUT2D eigenvalue weighted by atomic mass is 32.2. The number of aryl methyl sites for hydroxylation is 1. The lowest BCUT2D eigenvalue weighted by Crippen LogP contribution is -2.45. The highest BCUT2D eigenvalue weighted by molar-refractivity contribution is 7.89. The minimum Gasteiger partial charge on any atom is -0.494 e. The number of hydrogen-bond acceptors (Lipinski definition) is 5. The molecule has 0 radical (unpaired) electrons. The maximum atomic E-state index is 13.4. The molecule has 2 aromatic carbocycles. The Hall–Kier alpha value is -2.91. The second-order valence-corrected chi connectivity index (χ2v) is 10.7. The summed E-state index contributed by atoms with van der Waals surface area (Å²) in [5, 5.41) is 5.77. The number of carbonyl (C=O) groups excluding carboxylic acids is 2. The molecule has 4 rings (SSSR count). The zero-order valence-corrected chi connectivity index (χ0v) is 20.2. The SMILES string of the molecule is CCOc1ccc(CNC(=O)[C@H]2CCCN(S(=O)(=O)c3ccc4c(c3)CCCC(=O)N4)C2)cc1. The van der Waals surface area contributed by atoms with E-state index < -0.39 is 15.9 Å². The van der Waals surface area contributed by atoms with Crippen LogP contribution in [0.2, 0.25) is 0 Å². The largest absolute Gasteiger partial charge is 0.494 e. The van der Waals surface area contributed by atoms with Gasteiger partial charge in [0.2, 0.25) is 21.8 Å². The molecule has 2 heterocycles. The van der Waals surface area contributed by atoms with Crippen molar-refractivity contribution in [1.29, 1.82) is 0 Å². The molecule has 2 aliphatic heterocycles. The quantitative estimate of drug-likeness (QED) is 0.627. The Morgan fingerprint density at radius 3 is 2.71 bits per heavy atom. The van der Waals surface area contributed by atoms with Crippen LogP contribution in [-0.4, -0.2) is 44.2 Å². The van der Waals surface area contributed by atoms with Crippen molar-refractivity contribution in [2.45, 2.75) is 50.5 Å². The van der Waals surface area contributed by atoms with E-state index in [0.717, 1.165) is 16.9 Å². The fourth-order valence-corrected chi connectivity index (χ4v) is 6.01. The number of benzene rings is 2. The van der Waals surface area contributed by atoms with Gasteiger partial charge in [-0.1, -0.05) is 12.1 Å². The number of carbonyl (C=O) groups is 2.